The van der Waals surface area contributed by atoms with Crippen LogP contribution in [0.4, 0.5) is 26.4 Å². The van der Waals surface area contributed by atoms with Crippen LogP contribution in [0, 0.1) is 5.82 Å². The summed E-state index contributed by atoms with van der Waals surface area (Å²) in [5.41, 5.74) is 2.21. The van der Waals surface area contributed by atoms with Crippen LogP contribution < -0.4 is 15.0 Å². The van der Waals surface area contributed by atoms with Gasteiger partial charge in [-0.25, -0.2) is 19.2 Å². The number of benzene rings is 2. The summed E-state index contributed by atoms with van der Waals surface area (Å²) in [6.07, 6.45) is 3.12. The minimum Gasteiger partial charge on any atom is -0.494 e. The number of anilines is 3. The lowest BCUT2D eigenvalue weighted by Gasteiger charge is -2.33. The number of piperidine rings is 1. The number of hydrogen-bond donors (Lipinski definition) is 1. The van der Waals surface area contributed by atoms with E-state index in [-0.39, 0.29) is 18.0 Å². The van der Waals surface area contributed by atoms with Crippen molar-refractivity contribution in [2.75, 3.05) is 37.5 Å². The summed E-state index contributed by atoms with van der Waals surface area (Å²) in [7, 11) is 3.58. The van der Waals surface area contributed by atoms with Crippen molar-refractivity contribution < 1.29 is 18.7 Å². The Kier molecular flexibility index (Phi) is 5.95. The molecule has 0 saturated carbocycles. The minimum absolute atomic E-state index is 0.0840. The average molecular weight is 466 g/mol. The van der Waals surface area contributed by atoms with Crippen molar-refractivity contribution in [1.29, 1.82) is 0 Å². The molecule has 2 unspecified atom stereocenters. The first-order valence-electron chi connectivity index (χ1n) is 11.6. The van der Waals surface area contributed by atoms with Gasteiger partial charge in [0.25, 0.3) is 0 Å². The zero-order valence-corrected chi connectivity index (χ0v) is 19.5. The van der Waals surface area contributed by atoms with Crippen molar-refractivity contribution in [1.82, 2.24) is 14.9 Å². The van der Waals surface area contributed by atoms with Crippen molar-refractivity contribution in [3.8, 4) is 5.75 Å². The lowest BCUT2D eigenvalue weighted by molar-refractivity contribution is 0.0820. The number of likely N-dealkylation sites (N-methyl/N-ethyl adjacent to an activating group) is 1. The standard InChI is InChI=1S/C25H28FN5O3/c1-4-6-15-7-5-8-17(23(15)26)29-24-16-11-20(21(33-3)12-18(16)27-14-28-24)31-19-9-10-30(2)13-22(19)34-25(31)32/h5,7-8,11-12,14,19,22H,4,6,9-10,13H2,1-3H3,(H,27,28,29). The van der Waals surface area contributed by atoms with Crippen molar-refractivity contribution in [2.45, 2.75) is 38.3 Å². The topological polar surface area (TPSA) is 79.8 Å². The lowest BCUT2D eigenvalue weighted by atomic mass is 10.0. The van der Waals surface area contributed by atoms with Gasteiger partial charge in [-0.3, -0.25) is 4.90 Å². The summed E-state index contributed by atoms with van der Waals surface area (Å²) in [6, 6.07) is 8.83. The summed E-state index contributed by atoms with van der Waals surface area (Å²) in [4.78, 5) is 25.5. The molecule has 5 rings (SSSR count). The van der Waals surface area contributed by atoms with Gasteiger partial charge < -0.3 is 19.7 Å². The molecule has 2 fully saturated rings. The zero-order chi connectivity index (χ0) is 23.8. The van der Waals surface area contributed by atoms with Crippen LogP contribution in [-0.2, 0) is 11.2 Å². The zero-order valence-electron chi connectivity index (χ0n) is 19.5. The van der Waals surface area contributed by atoms with Crippen LogP contribution in [0.25, 0.3) is 10.9 Å². The summed E-state index contributed by atoms with van der Waals surface area (Å²) in [5, 5.41) is 3.79. The van der Waals surface area contributed by atoms with Crippen LogP contribution in [0.3, 0.4) is 0 Å². The third kappa shape index (κ3) is 3.90. The molecule has 2 aliphatic rings. The first kappa shape index (κ1) is 22.3. The molecule has 0 aliphatic carbocycles. The van der Waals surface area contributed by atoms with E-state index >= 15 is 4.39 Å². The molecule has 2 saturated heterocycles. The number of carbonyl (C=O) groups excluding carboxylic acids is 1. The number of carbonyl (C=O) groups is 1. The number of hydrogen-bond acceptors (Lipinski definition) is 7. The lowest BCUT2D eigenvalue weighted by Crippen LogP contribution is -2.48. The predicted molar refractivity (Wildman–Crippen MR) is 128 cm³/mol. The highest BCUT2D eigenvalue weighted by atomic mass is 19.1. The van der Waals surface area contributed by atoms with E-state index in [1.807, 2.05) is 26.1 Å². The van der Waals surface area contributed by atoms with E-state index in [0.717, 1.165) is 19.4 Å². The van der Waals surface area contributed by atoms with Gasteiger partial charge >= 0.3 is 6.09 Å². The Morgan fingerprint density at radius 2 is 2.15 bits per heavy atom. The van der Waals surface area contributed by atoms with Crippen molar-refractivity contribution in [2.24, 2.45) is 0 Å². The summed E-state index contributed by atoms with van der Waals surface area (Å²) >= 11 is 0. The van der Waals surface area contributed by atoms with Gasteiger partial charge in [0.15, 0.2) is 0 Å². The summed E-state index contributed by atoms with van der Waals surface area (Å²) in [5.74, 6) is 0.681. The molecule has 8 nitrogen and oxygen atoms in total. The Morgan fingerprint density at radius 1 is 1.29 bits per heavy atom. The third-order valence-corrected chi connectivity index (χ3v) is 6.55. The molecule has 2 aromatic carbocycles. The molecule has 1 amide bonds. The average Bonchev–Trinajstić information content (AvgIpc) is 3.15. The van der Waals surface area contributed by atoms with Crippen LogP contribution in [0.5, 0.6) is 5.75 Å². The monoisotopic (exact) mass is 465 g/mol. The molecule has 0 spiro atoms. The number of rotatable bonds is 6. The number of nitrogens with one attached hydrogen (secondary N) is 1. The maximum Gasteiger partial charge on any atom is 0.415 e. The molecule has 2 atom stereocenters. The fourth-order valence-electron chi connectivity index (χ4n) is 4.86. The molecule has 0 bridgehead atoms. The van der Waals surface area contributed by atoms with Crippen LogP contribution in [0.2, 0.25) is 0 Å². The molecule has 1 aromatic heterocycles. The van der Waals surface area contributed by atoms with Crippen LogP contribution in [0.15, 0.2) is 36.7 Å². The van der Waals surface area contributed by atoms with Gasteiger partial charge in [0.1, 0.15) is 29.8 Å². The number of likely N-dealkylation sites (tertiary alicyclic amines) is 1. The number of methoxy groups -OCH3 is 1. The second kappa shape index (κ2) is 9.06. The van der Waals surface area contributed by atoms with E-state index in [9.17, 15) is 4.79 Å². The van der Waals surface area contributed by atoms with Gasteiger partial charge in [0.05, 0.1) is 30.0 Å². The van der Waals surface area contributed by atoms with Crippen LogP contribution in [0.1, 0.15) is 25.3 Å². The molecular weight excluding hydrogens is 437 g/mol. The second-order valence-corrected chi connectivity index (χ2v) is 8.83. The molecule has 0 radical (unpaired) electrons. The fourth-order valence-corrected chi connectivity index (χ4v) is 4.86. The van der Waals surface area contributed by atoms with E-state index in [2.05, 4.69) is 20.2 Å². The number of ether oxygens (including phenoxy) is 2. The highest BCUT2D eigenvalue weighted by Gasteiger charge is 2.46. The van der Waals surface area contributed by atoms with Gasteiger partial charge in [-0.15, -0.1) is 0 Å². The van der Waals surface area contributed by atoms with Crippen molar-refractivity contribution in [3.63, 3.8) is 0 Å². The first-order chi connectivity index (χ1) is 16.5. The van der Waals surface area contributed by atoms with Crippen LogP contribution >= 0.6 is 0 Å². The Balaban J connectivity index is 1.57. The summed E-state index contributed by atoms with van der Waals surface area (Å²) in [6.45, 7) is 3.57. The van der Waals surface area contributed by atoms with E-state index in [4.69, 9.17) is 9.47 Å². The SMILES string of the molecule is CCCc1cccc(Nc2ncnc3cc(OC)c(N4C(=O)OC5CN(C)CCC54)cc23)c1F. The minimum atomic E-state index is -0.396. The van der Waals surface area contributed by atoms with E-state index in [1.165, 1.54) is 6.33 Å². The second-order valence-electron chi connectivity index (χ2n) is 8.83. The fraction of sp³-hybridized carbons (Fsp3) is 0.400. The number of aryl methyl sites for hydroxylation is 1. The number of fused-ring (bicyclic) bond motifs is 2. The normalized spacial score (nSPS) is 20.4. The molecule has 3 aromatic rings. The molecule has 9 heteroatoms. The van der Waals surface area contributed by atoms with Gasteiger partial charge in [0, 0.05) is 24.5 Å². The van der Waals surface area contributed by atoms with Crippen molar-refractivity contribution >= 4 is 34.2 Å². The number of nitrogens with zero attached hydrogens (tertiary/aromatic N) is 4. The quantitative estimate of drug-likeness (QED) is 0.574. The molecular formula is C25H28FN5O3. The van der Waals surface area contributed by atoms with Gasteiger partial charge in [0.2, 0.25) is 0 Å². The number of amides is 1. The van der Waals surface area contributed by atoms with E-state index in [0.29, 0.717) is 52.4 Å². The smallest absolute Gasteiger partial charge is 0.415 e. The Labute approximate surface area is 197 Å². The Hall–Kier alpha value is -3.46. The van der Waals surface area contributed by atoms with Gasteiger partial charge in [-0.05, 0) is 37.6 Å². The maximum absolute atomic E-state index is 15.1. The molecule has 1 N–H and O–H groups in total. The van der Waals surface area contributed by atoms with Gasteiger partial charge in [-0.1, -0.05) is 25.5 Å². The maximum atomic E-state index is 15.1. The molecule has 2 aliphatic heterocycles. The highest BCUT2D eigenvalue weighted by Crippen LogP contribution is 2.40. The van der Waals surface area contributed by atoms with Gasteiger partial charge in [-0.2, -0.15) is 0 Å². The Bertz CT molecular complexity index is 1240. The molecule has 178 valence electrons. The first-order valence-corrected chi connectivity index (χ1v) is 11.6. The largest absolute Gasteiger partial charge is 0.494 e. The summed E-state index contributed by atoms with van der Waals surface area (Å²) < 4.78 is 26.4. The predicted octanol–water partition coefficient (Wildman–Crippen LogP) is 4.50. The third-order valence-electron chi connectivity index (χ3n) is 6.55. The molecule has 34 heavy (non-hydrogen) atoms. The Morgan fingerprint density at radius 3 is 2.94 bits per heavy atom. The van der Waals surface area contributed by atoms with Crippen LogP contribution in [-0.4, -0.2) is 60.4 Å². The number of aromatic nitrogens is 2. The van der Waals surface area contributed by atoms with E-state index < -0.39 is 6.09 Å². The van der Waals surface area contributed by atoms with Crippen molar-refractivity contribution in [3.05, 3.63) is 48.0 Å². The molecule has 3 heterocycles. The number of halogens is 1. The highest BCUT2D eigenvalue weighted by molar-refractivity contribution is 6.00. The van der Waals surface area contributed by atoms with E-state index in [1.54, 1.807) is 30.2 Å².